The van der Waals surface area contributed by atoms with E-state index < -0.39 is 0 Å². The molecular formula is C11H10NO. The summed E-state index contributed by atoms with van der Waals surface area (Å²) in [5, 5.41) is 1.00. The molecule has 0 aliphatic heterocycles. The highest BCUT2D eigenvalue weighted by molar-refractivity contribution is 5.85. The molecule has 0 saturated carbocycles. The summed E-state index contributed by atoms with van der Waals surface area (Å²) in [5.74, 6) is 0.781. The molecule has 0 saturated heterocycles. The van der Waals surface area contributed by atoms with E-state index in [0.29, 0.717) is 0 Å². The molecule has 0 amide bonds. The molecule has 1 aromatic carbocycles. The van der Waals surface area contributed by atoms with Gasteiger partial charge in [-0.3, -0.25) is 4.98 Å². The van der Waals surface area contributed by atoms with Gasteiger partial charge in [0.25, 0.3) is 0 Å². The number of ether oxygens (including phenoxy) is 1. The van der Waals surface area contributed by atoms with Gasteiger partial charge < -0.3 is 4.74 Å². The predicted molar refractivity (Wildman–Crippen MR) is 52.5 cm³/mol. The standard InChI is InChI=1S/C11H10NO/c1-8-7-11(13-2)9-5-3-4-6-10(9)12-8/h3-7H,2H2,1H3. The third-order valence-electron chi connectivity index (χ3n) is 1.96. The van der Waals surface area contributed by atoms with Gasteiger partial charge in [-0.05, 0) is 19.1 Å². The van der Waals surface area contributed by atoms with Crippen LogP contribution in [0.5, 0.6) is 5.75 Å². The Morgan fingerprint density at radius 2 is 2.08 bits per heavy atom. The van der Waals surface area contributed by atoms with Crippen molar-refractivity contribution in [2.75, 3.05) is 0 Å². The van der Waals surface area contributed by atoms with Gasteiger partial charge in [-0.2, -0.15) is 0 Å². The summed E-state index contributed by atoms with van der Waals surface area (Å²) in [4.78, 5) is 4.38. The Morgan fingerprint density at radius 3 is 2.85 bits per heavy atom. The average Bonchev–Trinajstić information content (AvgIpc) is 2.16. The summed E-state index contributed by atoms with van der Waals surface area (Å²) in [6.07, 6.45) is 0. The maximum Gasteiger partial charge on any atom is 0.130 e. The normalized spacial score (nSPS) is 10.3. The molecule has 2 nitrogen and oxygen atoms in total. The number of pyridine rings is 1. The van der Waals surface area contributed by atoms with Crippen molar-refractivity contribution >= 4 is 10.9 Å². The molecule has 0 unspecified atom stereocenters. The van der Waals surface area contributed by atoms with Crippen molar-refractivity contribution in [1.29, 1.82) is 0 Å². The minimum Gasteiger partial charge on any atom is -0.489 e. The topological polar surface area (TPSA) is 22.1 Å². The summed E-state index contributed by atoms with van der Waals surface area (Å²) < 4.78 is 5.02. The second kappa shape index (κ2) is 3.05. The molecule has 2 heteroatoms. The minimum atomic E-state index is 0.781. The van der Waals surface area contributed by atoms with E-state index in [0.717, 1.165) is 22.3 Å². The number of nitrogens with zero attached hydrogens (tertiary/aromatic N) is 1. The van der Waals surface area contributed by atoms with Crippen molar-refractivity contribution in [3.8, 4) is 5.75 Å². The quantitative estimate of drug-likeness (QED) is 0.659. The van der Waals surface area contributed by atoms with Crippen molar-refractivity contribution in [3.63, 3.8) is 0 Å². The van der Waals surface area contributed by atoms with Gasteiger partial charge in [-0.1, -0.05) is 12.1 Å². The molecular weight excluding hydrogens is 162 g/mol. The zero-order valence-electron chi connectivity index (χ0n) is 7.45. The van der Waals surface area contributed by atoms with Crippen LogP contribution in [0.15, 0.2) is 30.3 Å². The van der Waals surface area contributed by atoms with Gasteiger partial charge in [0.1, 0.15) is 12.9 Å². The zero-order valence-corrected chi connectivity index (χ0v) is 7.45. The Hall–Kier alpha value is -1.57. The Balaban J connectivity index is 2.81. The van der Waals surface area contributed by atoms with Crippen LogP contribution < -0.4 is 4.74 Å². The van der Waals surface area contributed by atoms with Gasteiger partial charge in [-0.15, -0.1) is 0 Å². The van der Waals surface area contributed by atoms with Gasteiger partial charge in [0.2, 0.25) is 0 Å². The molecule has 0 aliphatic carbocycles. The van der Waals surface area contributed by atoms with Gasteiger partial charge in [0.15, 0.2) is 0 Å². The van der Waals surface area contributed by atoms with Crippen LogP contribution in [-0.2, 0) is 0 Å². The molecule has 0 N–H and O–H groups in total. The third-order valence-corrected chi connectivity index (χ3v) is 1.96. The van der Waals surface area contributed by atoms with Crippen LogP contribution in [0.3, 0.4) is 0 Å². The maximum absolute atomic E-state index is 5.02. The summed E-state index contributed by atoms with van der Waals surface area (Å²) >= 11 is 0. The summed E-state index contributed by atoms with van der Waals surface area (Å²) in [5.41, 5.74) is 1.89. The highest BCUT2D eigenvalue weighted by Crippen LogP contribution is 2.24. The van der Waals surface area contributed by atoms with Crippen LogP contribution in [0.25, 0.3) is 10.9 Å². The molecule has 1 heterocycles. The van der Waals surface area contributed by atoms with E-state index in [4.69, 9.17) is 4.74 Å². The molecule has 1 aromatic heterocycles. The summed E-state index contributed by atoms with van der Waals surface area (Å²) in [6.45, 7) is 1.94. The molecule has 0 aliphatic rings. The Bertz CT molecular complexity index is 437. The number of aryl methyl sites for hydroxylation is 1. The van der Waals surface area contributed by atoms with Gasteiger partial charge >= 0.3 is 0 Å². The maximum atomic E-state index is 5.02. The second-order valence-electron chi connectivity index (χ2n) is 2.92. The van der Waals surface area contributed by atoms with Crippen molar-refractivity contribution in [2.24, 2.45) is 0 Å². The van der Waals surface area contributed by atoms with E-state index >= 15 is 0 Å². The summed E-state index contributed by atoms with van der Waals surface area (Å²) in [6, 6.07) is 9.74. The van der Waals surface area contributed by atoms with E-state index in [-0.39, 0.29) is 0 Å². The van der Waals surface area contributed by atoms with Crippen LogP contribution in [0.4, 0.5) is 0 Å². The van der Waals surface area contributed by atoms with E-state index in [1.165, 1.54) is 0 Å². The van der Waals surface area contributed by atoms with Gasteiger partial charge in [0, 0.05) is 17.1 Å². The Kier molecular flexibility index (Phi) is 1.89. The molecule has 0 fully saturated rings. The fourth-order valence-electron chi connectivity index (χ4n) is 1.39. The fourth-order valence-corrected chi connectivity index (χ4v) is 1.39. The molecule has 2 aromatic rings. The van der Waals surface area contributed by atoms with Crippen LogP contribution in [-0.4, -0.2) is 4.98 Å². The lowest BCUT2D eigenvalue weighted by Gasteiger charge is -2.05. The lowest BCUT2D eigenvalue weighted by Crippen LogP contribution is -1.87. The van der Waals surface area contributed by atoms with Gasteiger partial charge in [-0.25, -0.2) is 0 Å². The van der Waals surface area contributed by atoms with Crippen LogP contribution in [0.1, 0.15) is 5.69 Å². The van der Waals surface area contributed by atoms with Crippen LogP contribution in [0.2, 0.25) is 0 Å². The molecule has 0 bridgehead atoms. The first-order chi connectivity index (χ1) is 6.31. The first-order valence-corrected chi connectivity index (χ1v) is 4.09. The van der Waals surface area contributed by atoms with Crippen molar-refractivity contribution < 1.29 is 4.74 Å². The smallest absolute Gasteiger partial charge is 0.130 e. The van der Waals surface area contributed by atoms with E-state index in [1.54, 1.807) is 0 Å². The lowest BCUT2D eigenvalue weighted by atomic mass is 10.2. The molecule has 65 valence electrons. The van der Waals surface area contributed by atoms with Gasteiger partial charge in [0.05, 0.1) is 5.52 Å². The fraction of sp³-hybridized carbons (Fsp3) is 0.0909. The lowest BCUT2D eigenvalue weighted by molar-refractivity contribution is 0.478. The Labute approximate surface area is 77.2 Å². The summed E-state index contributed by atoms with van der Waals surface area (Å²) in [7, 11) is 3.42. The number of aromatic nitrogens is 1. The SMILES string of the molecule is [CH2]Oc1cc(C)nc2ccccc12. The highest BCUT2D eigenvalue weighted by Gasteiger charge is 2.01. The molecule has 0 atom stereocenters. The largest absolute Gasteiger partial charge is 0.489 e. The number of hydrogen-bond donors (Lipinski definition) is 0. The number of hydrogen-bond acceptors (Lipinski definition) is 2. The number of benzene rings is 1. The third kappa shape index (κ3) is 1.35. The molecule has 13 heavy (non-hydrogen) atoms. The molecule has 0 spiro atoms. The monoisotopic (exact) mass is 172 g/mol. The Morgan fingerprint density at radius 1 is 1.31 bits per heavy atom. The highest BCUT2D eigenvalue weighted by atomic mass is 16.5. The van der Waals surface area contributed by atoms with E-state index in [2.05, 4.69) is 12.1 Å². The number of para-hydroxylation sites is 1. The predicted octanol–water partition coefficient (Wildman–Crippen LogP) is 2.71. The first kappa shape index (κ1) is 8.05. The van der Waals surface area contributed by atoms with Crippen LogP contribution in [0, 0.1) is 14.0 Å². The van der Waals surface area contributed by atoms with E-state index in [9.17, 15) is 0 Å². The molecule has 1 radical (unpaired) electrons. The molecule has 2 rings (SSSR count). The van der Waals surface area contributed by atoms with Crippen LogP contribution >= 0.6 is 0 Å². The van der Waals surface area contributed by atoms with Crippen molar-refractivity contribution in [1.82, 2.24) is 4.98 Å². The van der Waals surface area contributed by atoms with Crippen molar-refractivity contribution in [2.45, 2.75) is 6.92 Å². The van der Waals surface area contributed by atoms with E-state index in [1.807, 2.05) is 37.3 Å². The number of fused-ring (bicyclic) bond motifs is 1. The zero-order chi connectivity index (χ0) is 9.26. The number of rotatable bonds is 1. The van der Waals surface area contributed by atoms with Crippen molar-refractivity contribution in [3.05, 3.63) is 43.1 Å². The average molecular weight is 172 g/mol. The minimum absolute atomic E-state index is 0.781. The second-order valence-corrected chi connectivity index (χ2v) is 2.92. The first-order valence-electron chi connectivity index (χ1n) is 4.09.